The number of benzene rings is 1. The van der Waals surface area contributed by atoms with E-state index in [1.54, 1.807) is 14.2 Å². The van der Waals surface area contributed by atoms with Gasteiger partial charge in [-0.1, -0.05) is 39.8 Å². The molecule has 0 saturated carbocycles. The Balaban J connectivity index is 2.23. The Morgan fingerprint density at radius 2 is 1.96 bits per heavy atom. The maximum atomic E-state index is 12.8. The van der Waals surface area contributed by atoms with Crippen LogP contribution in [0.15, 0.2) is 24.3 Å². The number of likely N-dealkylation sites (tertiary alicyclic amines) is 1. The zero-order chi connectivity index (χ0) is 20.7. The van der Waals surface area contributed by atoms with E-state index in [-0.39, 0.29) is 11.8 Å². The lowest BCUT2D eigenvalue weighted by molar-refractivity contribution is -0.135. The molecule has 0 N–H and O–H groups in total. The van der Waals surface area contributed by atoms with E-state index in [1.165, 1.54) is 5.56 Å². The summed E-state index contributed by atoms with van der Waals surface area (Å²) in [5.74, 6) is 2.55. The molecule has 0 bridgehead atoms. The van der Waals surface area contributed by atoms with Gasteiger partial charge in [0.1, 0.15) is 5.75 Å². The van der Waals surface area contributed by atoms with Crippen molar-refractivity contribution in [3.8, 4) is 5.75 Å². The van der Waals surface area contributed by atoms with Crippen LogP contribution in [0.2, 0.25) is 0 Å². The van der Waals surface area contributed by atoms with Crippen molar-refractivity contribution in [1.82, 2.24) is 9.80 Å². The van der Waals surface area contributed by atoms with Gasteiger partial charge in [-0.3, -0.25) is 4.79 Å². The molecule has 1 aliphatic heterocycles. The first-order chi connectivity index (χ1) is 13.3. The Kier molecular flexibility index (Phi) is 8.77. The number of carbonyl (C=O) groups is 1. The van der Waals surface area contributed by atoms with Crippen LogP contribution in [-0.4, -0.2) is 69.3 Å². The van der Waals surface area contributed by atoms with Crippen LogP contribution in [0.3, 0.4) is 0 Å². The number of hydrogen-bond acceptors (Lipinski definition) is 4. The van der Waals surface area contributed by atoms with Gasteiger partial charge in [0.15, 0.2) is 0 Å². The van der Waals surface area contributed by atoms with E-state index in [1.807, 2.05) is 24.8 Å². The lowest BCUT2D eigenvalue weighted by atomic mass is 9.88. The van der Waals surface area contributed by atoms with E-state index in [4.69, 9.17) is 9.47 Å². The van der Waals surface area contributed by atoms with Gasteiger partial charge in [0, 0.05) is 51.7 Å². The average Bonchev–Trinajstić information content (AvgIpc) is 3.05. The highest BCUT2D eigenvalue weighted by molar-refractivity contribution is 5.78. The van der Waals surface area contributed by atoms with Crippen LogP contribution in [0.4, 0.5) is 0 Å². The van der Waals surface area contributed by atoms with Gasteiger partial charge in [0.2, 0.25) is 5.91 Å². The number of hydrogen-bond donors (Lipinski definition) is 0. The Labute approximate surface area is 171 Å². The first-order valence-electron chi connectivity index (χ1n) is 10.5. The summed E-state index contributed by atoms with van der Waals surface area (Å²) in [6.07, 6.45) is 0. The quantitative estimate of drug-likeness (QED) is 0.613. The van der Waals surface area contributed by atoms with Crippen molar-refractivity contribution in [3.05, 3.63) is 29.8 Å². The molecule has 1 aromatic carbocycles. The number of rotatable bonds is 10. The van der Waals surface area contributed by atoms with Crippen molar-refractivity contribution < 1.29 is 14.3 Å². The van der Waals surface area contributed by atoms with Crippen molar-refractivity contribution in [2.75, 3.05) is 53.6 Å². The Bertz CT molecular complexity index is 618. The maximum Gasteiger partial charge on any atom is 0.225 e. The molecule has 5 heteroatoms. The largest absolute Gasteiger partial charge is 0.497 e. The Morgan fingerprint density at radius 1 is 1.21 bits per heavy atom. The van der Waals surface area contributed by atoms with Gasteiger partial charge in [-0.2, -0.15) is 0 Å². The average molecular weight is 391 g/mol. The maximum absolute atomic E-state index is 12.8. The third-order valence-corrected chi connectivity index (χ3v) is 5.49. The second-order valence-corrected chi connectivity index (χ2v) is 8.69. The minimum atomic E-state index is 0.000274. The molecule has 1 aliphatic rings. The fraction of sp³-hybridized carbons (Fsp3) is 0.696. The highest BCUT2D eigenvalue weighted by atomic mass is 16.5. The summed E-state index contributed by atoms with van der Waals surface area (Å²) in [5.41, 5.74) is 1.30. The zero-order valence-corrected chi connectivity index (χ0v) is 18.5. The Hall–Kier alpha value is -1.59. The lowest BCUT2D eigenvalue weighted by Crippen LogP contribution is -2.41. The molecule has 1 amide bonds. The van der Waals surface area contributed by atoms with Crippen molar-refractivity contribution in [1.29, 1.82) is 0 Å². The number of amides is 1. The SMILES string of the molecule is COCCN(CC1CN(CC(C)C)CC1c1cccc(OC)c1)C(=O)C(C)C. The molecule has 1 heterocycles. The lowest BCUT2D eigenvalue weighted by Gasteiger charge is -2.30. The molecule has 1 fully saturated rings. The first kappa shape index (κ1) is 22.7. The summed E-state index contributed by atoms with van der Waals surface area (Å²) < 4.78 is 10.7. The fourth-order valence-electron chi connectivity index (χ4n) is 4.20. The van der Waals surface area contributed by atoms with Crippen LogP contribution in [-0.2, 0) is 9.53 Å². The fourth-order valence-corrected chi connectivity index (χ4v) is 4.20. The molecule has 1 saturated heterocycles. The molecule has 0 aliphatic carbocycles. The molecule has 2 unspecified atom stereocenters. The molecule has 2 rings (SSSR count). The van der Waals surface area contributed by atoms with E-state index in [2.05, 4.69) is 36.9 Å². The van der Waals surface area contributed by atoms with Crippen LogP contribution in [0.25, 0.3) is 0 Å². The second-order valence-electron chi connectivity index (χ2n) is 8.69. The minimum Gasteiger partial charge on any atom is -0.497 e. The van der Waals surface area contributed by atoms with Crippen LogP contribution >= 0.6 is 0 Å². The van der Waals surface area contributed by atoms with Gasteiger partial charge < -0.3 is 19.3 Å². The van der Waals surface area contributed by atoms with Crippen molar-refractivity contribution in [3.63, 3.8) is 0 Å². The highest BCUT2D eigenvalue weighted by Gasteiger charge is 2.36. The monoisotopic (exact) mass is 390 g/mol. The summed E-state index contributed by atoms with van der Waals surface area (Å²) in [5, 5.41) is 0. The van der Waals surface area contributed by atoms with Gasteiger partial charge in [-0.05, 0) is 29.5 Å². The Morgan fingerprint density at radius 3 is 2.57 bits per heavy atom. The van der Waals surface area contributed by atoms with Crippen LogP contribution < -0.4 is 4.74 Å². The standard InChI is InChI=1S/C23H38N2O3/c1-17(2)13-24-14-20(15-25(10-11-27-5)23(26)18(3)4)22(16-24)19-8-7-9-21(12-19)28-6/h7-9,12,17-18,20,22H,10-11,13-16H2,1-6H3. The molecule has 0 aromatic heterocycles. The van der Waals surface area contributed by atoms with Gasteiger partial charge >= 0.3 is 0 Å². The summed E-state index contributed by atoms with van der Waals surface area (Å²) >= 11 is 0. The van der Waals surface area contributed by atoms with E-state index < -0.39 is 0 Å². The summed E-state index contributed by atoms with van der Waals surface area (Å²) in [7, 11) is 3.40. The predicted molar refractivity (Wildman–Crippen MR) is 114 cm³/mol. The molecule has 0 spiro atoms. The van der Waals surface area contributed by atoms with Gasteiger partial charge in [0.25, 0.3) is 0 Å². The van der Waals surface area contributed by atoms with Gasteiger partial charge in [-0.15, -0.1) is 0 Å². The number of methoxy groups -OCH3 is 2. The molecule has 2 atom stereocenters. The van der Waals surface area contributed by atoms with Crippen molar-refractivity contribution in [2.45, 2.75) is 33.6 Å². The van der Waals surface area contributed by atoms with E-state index in [0.717, 1.165) is 31.9 Å². The highest BCUT2D eigenvalue weighted by Crippen LogP contribution is 2.35. The topological polar surface area (TPSA) is 42.0 Å². The van der Waals surface area contributed by atoms with Crippen LogP contribution in [0, 0.1) is 17.8 Å². The smallest absolute Gasteiger partial charge is 0.225 e. The molecular formula is C23H38N2O3. The molecule has 28 heavy (non-hydrogen) atoms. The van der Waals surface area contributed by atoms with E-state index in [9.17, 15) is 4.79 Å². The molecule has 0 radical (unpaired) electrons. The normalized spacial score (nSPS) is 20.1. The first-order valence-corrected chi connectivity index (χ1v) is 10.5. The minimum absolute atomic E-state index is 0.000274. The third-order valence-electron chi connectivity index (χ3n) is 5.49. The second kappa shape index (κ2) is 10.8. The number of nitrogens with zero attached hydrogens (tertiary/aromatic N) is 2. The molecule has 1 aromatic rings. The van der Waals surface area contributed by atoms with Crippen molar-refractivity contribution >= 4 is 5.91 Å². The molecular weight excluding hydrogens is 352 g/mol. The van der Waals surface area contributed by atoms with E-state index in [0.29, 0.717) is 30.9 Å². The zero-order valence-electron chi connectivity index (χ0n) is 18.5. The van der Waals surface area contributed by atoms with Crippen molar-refractivity contribution in [2.24, 2.45) is 17.8 Å². The van der Waals surface area contributed by atoms with Crippen LogP contribution in [0.5, 0.6) is 5.75 Å². The summed E-state index contributed by atoms with van der Waals surface area (Å²) in [6.45, 7) is 13.6. The van der Waals surface area contributed by atoms with E-state index >= 15 is 0 Å². The third kappa shape index (κ3) is 6.21. The summed E-state index contributed by atoms with van der Waals surface area (Å²) in [6, 6.07) is 8.41. The summed E-state index contributed by atoms with van der Waals surface area (Å²) in [4.78, 5) is 17.3. The number of carbonyl (C=O) groups excluding carboxylic acids is 1. The molecule has 5 nitrogen and oxygen atoms in total. The van der Waals surface area contributed by atoms with Gasteiger partial charge in [0.05, 0.1) is 13.7 Å². The number of ether oxygens (including phenoxy) is 2. The van der Waals surface area contributed by atoms with Gasteiger partial charge in [-0.25, -0.2) is 0 Å². The van der Waals surface area contributed by atoms with Crippen LogP contribution in [0.1, 0.15) is 39.2 Å². The molecule has 158 valence electrons. The predicted octanol–water partition coefficient (Wildman–Crippen LogP) is 3.50.